The molecule has 8 aromatic carbocycles. The van der Waals surface area contributed by atoms with Crippen LogP contribution in [0.25, 0.3) is 33.0 Å². The minimum Gasteiger partial charge on any atom is -0.310 e. The Hall–Kier alpha value is -6.18. The molecular weight excluding hydrogens is 603 g/mol. The quantitative estimate of drug-likeness (QED) is 0.168. The molecule has 1 aliphatic carbocycles. The molecule has 238 valence electrons. The maximum Gasteiger partial charge on any atom is 0.0713 e. The number of aryl methyl sites for hydroxylation is 1. The highest BCUT2D eigenvalue weighted by Gasteiger charge is 2.46. The SMILES string of the molecule is CCc1ccc2c(c1)C(c1ccccc1)(c1ccccc1)c1cc(-c3ccc(N(c4ccccc4)c4cccc5ccccc45)cc3)ccc1-2. The molecule has 0 radical (unpaired) electrons. The van der Waals surface area contributed by atoms with Gasteiger partial charge in [0, 0.05) is 16.8 Å². The Morgan fingerprint density at radius 1 is 0.440 bits per heavy atom. The number of benzene rings is 8. The van der Waals surface area contributed by atoms with Crippen molar-refractivity contribution in [2.75, 3.05) is 4.90 Å². The minimum atomic E-state index is -0.424. The fourth-order valence-corrected chi connectivity index (χ4v) is 8.15. The first-order valence-corrected chi connectivity index (χ1v) is 17.6. The Morgan fingerprint density at radius 2 is 0.980 bits per heavy atom. The molecule has 1 heteroatoms. The molecule has 9 rings (SSSR count). The molecule has 0 saturated carbocycles. The van der Waals surface area contributed by atoms with E-state index in [4.69, 9.17) is 0 Å². The van der Waals surface area contributed by atoms with E-state index in [0.717, 1.165) is 17.8 Å². The molecule has 0 N–H and O–H groups in total. The lowest BCUT2D eigenvalue weighted by Gasteiger charge is -2.34. The zero-order valence-electron chi connectivity index (χ0n) is 28.1. The fraction of sp³-hybridized carbons (Fsp3) is 0.0612. The Morgan fingerprint density at radius 3 is 1.66 bits per heavy atom. The van der Waals surface area contributed by atoms with E-state index in [9.17, 15) is 0 Å². The van der Waals surface area contributed by atoms with Crippen LogP contribution in [0.15, 0.2) is 194 Å². The van der Waals surface area contributed by atoms with Crippen LogP contribution in [-0.4, -0.2) is 0 Å². The number of nitrogens with zero attached hydrogens (tertiary/aromatic N) is 1. The van der Waals surface area contributed by atoms with Gasteiger partial charge in [-0.25, -0.2) is 0 Å². The topological polar surface area (TPSA) is 3.24 Å². The Kier molecular flexibility index (Phi) is 7.40. The molecule has 1 aliphatic rings. The van der Waals surface area contributed by atoms with Crippen LogP contribution >= 0.6 is 0 Å². The molecule has 1 nitrogen and oxygen atoms in total. The van der Waals surface area contributed by atoms with Crippen molar-refractivity contribution in [3.05, 3.63) is 222 Å². The molecule has 0 bridgehead atoms. The lowest BCUT2D eigenvalue weighted by molar-refractivity contribution is 0.767. The van der Waals surface area contributed by atoms with Gasteiger partial charge >= 0.3 is 0 Å². The normalized spacial score (nSPS) is 12.7. The predicted octanol–water partition coefficient (Wildman–Crippen LogP) is 12.9. The first kappa shape index (κ1) is 29.9. The van der Waals surface area contributed by atoms with Crippen LogP contribution in [0.5, 0.6) is 0 Å². The van der Waals surface area contributed by atoms with Crippen LogP contribution in [0.3, 0.4) is 0 Å². The van der Waals surface area contributed by atoms with Gasteiger partial charge in [-0.15, -0.1) is 0 Å². The second-order valence-electron chi connectivity index (χ2n) is 13.2. The minimum absolute atomic E-state index is 0.424. The zero-order chi connectivity index (χ0) is 33.5. The molecule has 0 saturated heterocycles. The van der Waals surface area contributed by atoms with Crippen LogP contribution in [-0.2, 0) is 11.8 Å². The van der Waals surface area contributed by atoms with Gasteiger partial charge in [0.05, 0.1) is 11.1 Å². The van der Waals surface area contributed by atoms with Crippen molar-refractivity contribution < 1.29 is 0 Å². The summed E-state index contributed by atoms with van der Waals surface area (Å²) in [6, 6.07) is 71.3. The Balaban J connectivity index is 1.21. The summed E-state index contributed by atoms with van der Waals surface area (Å²) in [5.41, 5.74) is 14.7. The van der Waals surface area contributed by atoms with Crippen molar-refractivity contribution in [3.63, 3.8) is 0 Å². The van der Waals surface area contributed by atoms with E-state index in [1.54, 1.807) is 0 Å². The van der Waals surface area contributed by atoms with E-state index >= 15 is 0 Å². The molecule has 8 aromatic rings. The maximum atomic E-state index is 2.45. The van der Waals surface area contributed by atoms with Crippen LogP contribution in [0, 0.1) is 0 Å². The molecule has 0 fully saturated rings. The molecule has 50 heavy (non-hydrogen) atoms. The van der Waals surface area contributed by atoms with E-state index in [1.165, 1.54) is 66.5 Å². The molecule has 0 amide bonds. The monoisotopic (exact) mass is 639 g/mol. The number of fused-ring (bicyclic) bond motifs is 4. The van der Waals surface area contributed by atoms with Crippen LogP contribution in [0.1, 0.15) is 34.7 Å². The first-order chi connectivity index (χ1) is 24.8. The van der Waals surface area contributed by atoms with E-state index in [1.807, 2.05) is 0 Å². The highest BCUT2D eigenvalue weighted by molar-refractivity contribution is 5.99. The summed E-state index contributed by atoms with van der Waals surface area (Å²) in [7, 11) is 0. The van der Waals surface area contributed by atoms with E-state index in [-0.39, 0.29) is 0 Å². The molecule has 0 aliphatic heterocycles. The summed E-state index contributed by atoms with van der Waals surface area (Å²) < 4.78 is 0. The number of hydrogen-bond acceptors (Lipinski definition) is 1. The summed E-state index contributed by atoms with van der Waals surface area (Å²) in [4.78, 5) is 2.37. The van der Waals surface area contributed by atoms with E-state index < -0.39 is 5.41 Å². The van der Waals surface area contributed by atoms with Gasteiger partial charge < -0.3 is 4.90 Å². The standard InChI is InChI=1S/C49H37N/c1-2-35-25-31-44-45-32-28-38(34-47(45)49(46(44)33-35,39-17-6-3-7-18-39)40-19-8-4-9-20-40)36-26-29-42(30-27-36)50(41-21-10-5-11-22-41)48-24-14-16-37-15-12-13-23-43(37)48/h3-34H,2H2,1H3. The fourth-order valence-electron chi connectivity index (χ4n) is 8.15. The van der Waals surface area contributed by atoms with Gasteiger partial charge in [0.2, 0.25) is 0 Å². The van der Waals surface area contributed by atoms with Gasteiger partial charge in [-0.1, -0.05) is 165 Å². The second-order valence-corrected chi connectivity index (χ2v) is 13.2. The zero-order valence-corrected chi connectivity index (χ0v) is 28.1. The summed E-state index contributed by atoms with van der Waals surface area (Å²) in [6.07, 6.45) is 1.000. The van der Waals surface area contributed by atoms with Crippen molar-refractivity contribution in [1.82, 2.24) is 0 Å². The summed E-state index contributed by atoms with van der Waals surface area (Å²) in [5, 5.41) is 2.46. The number of para-hydroxylation sites is 1. The third-order valence-electron chi connectivity index (χ3n) is 10.5. The van der Waals surface area contributed by atoms with E-state index in [0.29, 0.717) is 0 Å². The van der Waals surface area contributed by atoms with Gasteiger partial charge in [0.1, 0.15) is 0 Å². The molecule has 0 spiro atoms. The van der Waals surface area contributed by atoms with Crippen molar-refractivity contribution in [1.29, 1.82) is 0 Å². The average Bonchev–Trinajstić information content (AvgIpc) is 3.49. The lowest BCUT2D eigenvalue weighted by atomic mass is 9.67. The number of hydrogen-bond donors (Lipinski definition) is 0. The largest absolute Gasteiger partial charge is 0.310 e. The third-order valence-corrected chi connectivity index (χ3v) is 10.5. The van der Waals surface area contributed by atoms with Gasteiger partial charge in [0.25, 0.3) is 0 Å². The van der Waals surface area contributed by atoms with Crippen LogP contribution in [0.2, 0.25) is 0 Å². The molecule has 0 atom stereocenters. The number of rotatable bonds is 7. The van der Waals surface area contributed by atoms with Crippen molar-refractivity contribution in [2.24, 2.45) is 0 Å². The summed E-state index contributed by atoms with van der Waals surface area (Å²) >= 11 is 0. The van der Waals surface area contributed by atoms with Crippen LogP contribution < -0.4 is 4.90 Å². The van der Waals surface area contributed by atoms with Gasteiger partial charge in [0.15, 0.2) is 0 Å². The highest BCUT2D eigenvalue weighted by Crippen LogP contribution is 2.57. The summed E-state index contributed by atoms with van der Waals surface area (Å²) in [5.74, 6) is 0. The van der Waals surface area contributed by atoms with Gasteiger partial charge in [-0.3, -0.25) is 0 Å². The third kappa shape index (κ3) is 4.77. The summed E-state index contributed by atoms with van der Waals surface area (Å²) in [6.45, 7) is 2.25. The smallest absolute Gasteiger partial charge is 0.0713 e. The maximum absolute atomic E-state index is 2.45. The van der Waals surface area contributed by atoms with Gasteiger partial charge in [-0.2, -0.15) is 0 Å². The van der Waals surface area contributed by atoms with Crippen LogP contribution in [0.4, 0.5) is 17.1 Å². The second kappa shape index (κ2) is 12.4. The predicted molar refractivity (Wildman–Crippen MR) is 211 cm³/mol. The Labute approximate surface area is 294 Å². The van der Waals surface area contributed by atoms with E-state index in [2.05, 4.69) is 206 Å². The van der Waals surface area contributed by atoms with Crippen molar-refractivity contribution in [3.8, 4) is 22.3 Å². The molecule has 0 unspecified atom stereocenters. The average molecular weight is 640 g/mol. The molecule has 0 heterocycles. The van der Waals surface area contributed by atoms with Crippen molar-refractivity contribution in [2.45, 2.75) is 18.8 Å². The molecular formula is C49H37N. The highest BCUT2D eigenvalue weighted by atomic mass is 15.1. The van der Waals surface area contributed by atoms with Crippen molar-refractivity contribution >= 4 is 27.8 Å². The molecule has 0 aromatic heterocycles. The number of anilines is 3. The van der Waals surface area contributed by atoms with Gasteiger partial charge in [-0.05, 0) is 98.3 Å². The first-order valence-electron chi connectivity index (χ1n) is 17.6. The Bertz CT molecular complexity index is 2400. The lowest BCUT2D eigenvalue weighted by Crippen LogP contribution is -2.28.